The van der Waals surface area contributed by atoms with Crippen molar-refractivity contribution in [2.75, 3.05) is 27.8 Å². The number of hydrogen-bond donors (Lipinski definition) is 0. The Hall–Kier alpha value is -1.52. The fourth-order valence-electron chi connectivity index (χ4n) is 1.13. The van der Waals surface area contributed by atoms with Crippen LogP contribution in [-0.4, -0.2) is 27.8 Å². The third-order valence-corrected chi connectivity index (χ3v) is 1.87. The molecule has 4 heteroatoms. The Balaban J connectivity index is 2.82. The summed E-state index contributed by atoms with van der Waals surface area (Å²) in [5.41, 5.74) is 0.955. The van der Waals surface area contributed by atoms with Gasteiger partial charge in [-0.15, -0.1) is 0 Å². The second-order valence-corrected chi connectivity index (χ2v) is 3.01. The smallest absolute Gasteiger partial charge is 0.188 e. The van der Waals surface area contributed by atoms with Crippen molar-refractivity contribution in [1.82, 2.24) is 0 Å². The summed E-state index contributed by atoms with van der Waals surface area (Å²) in [5.74, 6) is 1.22. The van der Waals surface area contributed by atoms with Gasteiger partial charge in [0.25, 0.3) is 0 Å². The van der Waals surface area contributed by atoms with Gasteiger partial charge >= 0.3 is 0 Å². The van der Waals surface area contributed by atoms with Crippen LogP contribution in [0.4, 0.5) is 0 Å². The van der Waals surface area contributed by atoms with Crippen molar-refractivity contribution in [3.63, 3.8) is 0 Å². The van der Waals surface area contributed by atoms with Gasteiger partial charge in [0.2, 0.25) is 0 Å². The first-order valence-corrected chi connectivity index (χ1v) is 4.81. The molecular formula is C12H16O4. The van der Waals surface area contributed by atoms with Crippen molar-refractivity contribution < 1.29 is 18.9 Å². The van der Waals surface area contributed by atoms with E-state index in [0.29, 0.717) is 11.5 Å². The van der Waals surface area contributed by atoms with Crippen LogP contribution in [0, 0.1) is 0 Å². The zero-order valence-electron chi connectivity index (χ0n) is 9.56. The Labute approximate surface area is 95.4 Å². The minimum Gasteiger partial charge on any atom is -0.464 e. The van der Waals surface area contributed by atoms with Crippen LogP contribution in [0.25, 0.3) is 6.08 Å². The van der Waals surface area contributed by atoms with Gasteiger partial charge in [-0.25, -0.2) is 0 Å². The molecule has 1 aromatic rings. The van der Waals surface area contributed by atoms with Crippen molar-refractivity contribution in [3.05, 3.63) is 30.3 Å². The Morgan fingerprint density at radius 3 is 2.25 bits per heavy atom. The fraction of sp³-hybridized carbons (Fsp3) is 0.333. The zero-order valence-corrected chi connectivity index (χ0v) is 9.56. The highest BCUT2D eigenvalue weighted by molar-refractivity contribution is 5.54. The molecule has 0 fully saturated rings. The summed E-state index contributed by atoms with van der Waals surface area (Å²) in [4.78, 5) is 0. The summed E-state index contributed by atoms with van der Waals surface area (Å²) in [6.45, 7) is 4.04. The predicted molar refractivity (Wildman–Crippen MR) is 61.5 cm³/mol. The number of benzene rings is 1. The first kappa shape index (κ1) is 12.5. The van der Waals surface area contributed by atoms with Gasteiger partial charge in [0.1, 0.15) is 0 Å². The molecule has 0 unspecified atom stereocenters. The third kappa shape index (κ3) is 3.56. The van der Waals surface area contributed by atoms with Gasteiger partial charge in [-0.2, -0.15) is 0 Å². The number of rotatable bonds is 7. The molecule has 0 saturated heterocycles. The number of methoxy groups -OCH3 is 2. The summed E-state index contributed by atoms with van der Waals surface area (Å²) >= 11 is 0. The molecular weight excluding hydrogens is 208 g/mol. The van der Waals surface area contributed by atoms with Crippen LogP contribution in [0.15, 0.2) is 24.8 Å². The van der Waals surface area contributed by atoms with E-state index in [1.807, 2.05) is 12.1 Å². The van der Waals surface area contributed by atoms with E-state index in [4.69, 9.17) is 18.9 Å². The lowest BCUT2D eigenvalue weighted by molar-refractivity contribution is 0.0322. The molecule has 0 saturated carbocycles. The Morgan fingerprint density at radius 2 is 1.69 bits per heavy atom. The molecule has 0 N–H and O–H groups in total. The molecule has 0 radical (unpaired) electrons. The molecule has 0 amide bonds. The fourth-order valence-corrected chi connectivity index (χ4v) is 1.13. The molecule has 16 heavy (non-hydrogen) atoms. The van der Waals surface area contributed by atoms with Crippen LogP contribution < -0.4 is 9.47 Å². The van der Waals surface area contributed by atoms with Gasteiger partial charge in [0.15, 0.2) is 25.1 Å². The van der Waals surface area contributed by atoms with Crippen LogP contribution in [0.3, 0.4) is 0 Å². The monoisotopic (exact) mass is 224 g/mol. The topological polar surface area (TPSA) is 36.9 Å². The first-order valence-electron chi connectivity index (χ1n) is 4.81. The van der Waals surface area contributed by atoms with E-state index in [1.54, 1.807) is 26.4 Å². The maximum atomic E-state index is 5.38. The Morgan fingerprint density at radius 1 is 1.06 bits per heavy atom. The molecule has 0 heterocycles. The van der Waals surface area contributed by atoms with Gasteiger partial charge in [0.05, 0.1) is 0 Å². The third-order valence-electron chi connectivity index (χ3n) is 1.87. The molecule has 4 nitrogen and oxygen atoms in total. The van der Waals surface area contributed by atoms with Gasteiger partial charge in [-0.3, -0.25) is 0 Å². The van der Waals surface area contributed by atoms with E-state index in [9.17, 15) is 0 Å². The minimum atomic E-state index is 0.171. The summed E-state index contributed by atoms with van der Waals surface area (Å²) in [6.07, 6.45) is 1.74. The molecule has 0 aliphatic rings. The molecule has 0 aromatic heterocycles. The highest BCUT2D eigenvalue weighted by Gasteiger charge is 2.05. The predicted octanol–water partition coefficient (Wildman–Crippen LogP) is 2.29. The lowest BCUT2D eigenvalue weighted by Crippen LogP contribution is -2.04. The van der Waals surface area contributed by atoms with Crippen molar-refractivity contribution in [3.8, 4) is 11.5 Å². The average Bonchev–Trinajstić information content (AvgIpc) is 2.34. The number of ether oxygens (including phenoxy) is 4. The van der Waals surface area contributed by atoms with E-state index in [-0.39, 0.29) is 13.6 Å². The van der Waals surface area contributed by atoms with Gasteiger partial charge in [-0.05, 0) is 17.7 Å². The quantitative estimate of drug-likeness (QED) is 0.666. The molecule has 0 spiro atoms. The molecule has 0 aliphatic carbocycles. The largest absolute Gasteiger partial charge is 0.464 e. The molecule has 0 bridgehead atoms. The normalized spacial score (nSPS) is 9.88. The molecule has 0 aliphatic heterocycles. The summed E-state index contributed by atoms with van der Waals surface area (Å²) in [6, 6.07) is 5.52. The van der Waals surface area contributed by atoms with Crippen molar-refractivity contribution >= 4 is 6.08 Å². The molecule has 1 rings (SSSR count). The van der Waals surface area contributed by atoms with Crippen LogP contribution in [0.1, 0.15) is 5.56 Å². The van der Waals surface area contributed by atoms with E-state index in [0.717, 1.165) is 5.56 Å². The van der Waals surface area contributed by atoms with Gasteiger partial charge in [0, 0.05) is 14.2 Å². The van der Waals surface area contributed by atoms with E-state index in [1.165, 1.54) is 0 Å². The standard InChI is InChI=1S/C12H16O4/c1-4-10-5-6-11(15-8-13-2)12(7-10)16-9-14-3/h4-7H,1,8-9H2,2-3H3. The first-order chi connectivity index (χ1) is 7.81. The van der Waals surface area contributed by atoms with Gasteiger partial charge < -0.3 is 18.9 Å². The molecule has 88 valence electrons. The van der Waals surface area contributed by atoms with E-state index < -0.39 is 0 Å². The minimum absolute atomic E-state index is 0.171. The van der Waals surface area contributed by atoms with Gasteiger partial charge in [-0.1, -0.05) is 18.7 Å². The van der Waals surface area contributed by atoms with E-state index in [2.05, 4.69) is 6.58 Å². The summed E-state index contributed by atoms with van der Waals surface area (Å²) < 4.78 is 20.4. The Kier molecular flexibility index (Phi) is 5.39. The van der Waals surface area contributed by atoms with Crippen LogP contribution >= 0.6 is 0 Å². The average molecular weight is 224 g/mol. The van der Waals surface area contributed by atoms with Crippen molar-refractivity contribution in [2.24, 2.45) is 0 Å². The van der Waals surface area contributed by atoms with Crippen molar-refractivity contribution in [1.29, 1.82) is 0 Å². The Bertz CT molecular complexity index is 336. The van der Waals surface area contributed by atoms with Crippen molar-refractivity contribution in [2.45, 2.75) is 0 Å². The van der Waals surface area contributed by atoms with Crippen LogP contribution in [0.2, 0.25) is 0 Å². The van der Waals surface area contributed by atoms with Crippen LogP contribution in [-0.2, 0) is 9.47 Å². The van der Waals surface area contributed by atoms with E-state index >= 15 is 0 Å². The maximum Gasteiger partial charge on any atom is 0.188 e. The lowest BCUT2D eigenvalue weighted by Gasteiger charge is -2.12. The SMILES string of the molecule is C=Cc1ccc(OCOC)c(OCOC)c1. The lowest BCUT2D eigenvalue weighted by atomic mass is 10.2. The molecule has 0 atom stereocenters. The summed E-state index contributed by atoms with van der Waals surface area (Å²) in [7, 11) is 3.13. The highest BCUT2D eigenvalue weighted by atomic mass is 16.7. The zero-order chi connectivity index (χ0) is 11.8. The van der Waals surface area contributed by atoms with Crippen LogP contribution in [0.5, 0.6) is 11.5 Å². The summed E-state index contributed by atoms with van der Waals surface area (Å²) in [5, 5.41) is 0. The number of hydrogen-bond acceptors (Lipinski definition) is 4. The second kappa shape index (κ2) is 6.87. The maximum absolute atomic E-state index is 5.38. The molecule has 1 aromatic carbocycles. The second-order valence-electron chi connectivity index (χ2n) is 3.01. The highest BCUT2D eigenvalue weighted by Crippen LogP contribution is 2.28.